The van der Waals surface area contributed by atoms with E-state index >= 15 is 0 Å². The number of nitrogens with zero attached hydrogens (tertiary/aromatic N) is 5. The molecule has 7 heterocycles. The third-order valence-corrected chi connectivity index (χ3v) is 14.0. The van der Waals surface area contributed by atoms with E-state index in [1.54, 1.807) is 18.2 Å². The molecule has 1 atom stereocenters. The Bertz CT molecular complexity index is 3380. The zero-order chi connectivity index (χ0) is 52.7. The maximum atomic E-state index is 10.4. The third-order valence-electron chi connectivity index (χ3n) is 14.0. The maximum Gasteiger partial charge on any atom is 0.337 e. The fraction of sp³-hybridized carbons (Fsp3) is 0.368. The van der Waals surface area contributed by atoms with Crippen molar-refractivity contribution in [3.05, 3.63) is 145 Å². The molecule has 0 aromatic heterocycles. The molecule has 0 amide bonds. The van der Waals surface area contributed by atoms with E-state index in [0.29, 0.717) is 5.75 Å². The summed E-state index contributed by atoms with van der Waals surface area (Å²) in [7, 11) is -7.58. The summed E-state index contributed by atoms with van der Waals surface area (Å²) in [5.41, 5.74) is 15.5. The minimum absolute atomic E-state index is 0.0509. The molecule has 8 aliphatic rings. The van der Waals surface area contributed by atoms with Crippen LogP contribution in [0, 0.1) is 22.7 Å². The largest absolute Gasteiger partial charge is 0.757 e. The van der Waals surface area contributed by atoms with E-state index in [0.717, 1.165) is 80.9 Å². The molecule has 5 N–H and O–H groups in total. The number of nitriles is 2. The average molecular weight is 1040 g/mol. The van der Waals surface area contributed by atoms with E-state index in [9.17, 15) is 19.4 Å². The predicted octanol–water partition coefficient (Wildman–Crippen LogP) is 7.47. The van der Waals surface area contributed by atoms with Crippen LogP contribution in [0.25, 0.3) is 5.57 Å². The van der Waals surface area contributed by atoms with Crippen LogP contribution in [0.4, 0.5) is 11.4 Å². The molecule has 1 saturated carbocycles. The maximum absolute atomic E-state index is 10.4. The van der Waals surface area contributed by atoms with Gasteiger partial charge in [-0.25, -0.2) is 13.6 Å². The molecule has 388 valence electrons. The number of aromatic carboxylic acids is 1. The SMILES string of the molecule is C1CC1.C=S(=O)(O)O.C=S(=O)([O-])O.N#Cc1ccccc1C(=O)O.N#Cc1ccccc1C1=c2cc3c4c(c2Oc2c1cc1c5c2CCCN5CCC1)CCC[N+]=4CCC3.Oc1ccc2c3c1CCCN3CCC2. The molecule has 5 aromatic carbocycles. The van der Waals surface area contributed by atoms with Crippen LogP contribution in [0.15, 0.2) is 72.8 Å². The number of benzene rings is 5. The molecule has 5 aromatic rings. The number of aromatic hydroxyl groups is 1. The summed E-state index contributed by atoms with van der Waals surface area (Å²) < 4.78 is 59.4. The number of fused-ring (bicyclic) bond motifs is 4. The van der Waals surface area contributed by atoms with Crippen molar-refractivity contribution in [2.75, 3.05) is 49.1 Å². The summed E-state index contributed by atoms with van der Waals surface area (Å²) in [5.74, 6) is 6.25. The number of carbonyl (C=O) groups is 1. The smallest absolute Gasteiger partial charge is 0.337 e. The first kappa shape index (κ1) is 53.6. The highest BCUT2D eigenvalue weighted by Crippen LogP contribution is 2.49. The Morgan fingerprint density at radius 2 is 1.15 bits per heavy atom. The van der Waals surface area contributed by atoms with E-state index in [1.165, 1.54) is 156 Å². The Kier molecular flexibility index (Phi) is 16.8. The monoisotopic (exact) mass is 1040 g/mol. The minimum atomic E-state index is -3.92. The molecule has 0 bridgehead atoms. The van der Waals surface area contributed by atoms with Crippen LogP contribution in [-0.4, -0.2) is 93.8 Å². The Balaban J connectivity index is 0.000000156. The summed E-state index contributed by atoms with van der Waals surface area (Å²) in [6, 6.07) is 27.3. The number of phenolic OH excluding ortho intramolecular Hbond substituents is 1. The minimum Gasteiger partial charge on any atom is -0.757 e. The van der Waals surface area contributed by atoms with Gasteiger partial charge in [0.05, 0.1) is 28.3 Å². The quantitative estimate of drug-likeness (QED) is 0.0835. The van der Waals surface area contributed by atoms with E-state index in [2.05, 4.69) is 62.5 Å². The van der Waals surface area contributed by atoms with Crippen LogP contribution in [-0.2, 0) is 58.7 Å². The summed E-state index contributed by atoms with van der Waals surface area (Å²) in [6.45, 7) is 6.94. The van der Waals surface area contributed by atoms with E-state index in [-0.39, 0.29) is 11.1 Å². The van der Waals surface area contributed by atoms with Crippen LogP contribution < -0.4 is 29.7 Å². The van der Waals surface area contributed by atoms with Crippen molar-refractivity contribution in [2.24, 2.45) is 0 Å². The number of ether oxygens (including phenoxy) is 1. The molecular weight excluding hydrogens is 979 g/mol. The second-order valence-corrected chi connectivity index (χ2v) is 21.9. The van der Waals surface area contributed by atoms with Gasteiger partial charge in [-0.2, -0.15) is 10.5 Å². The molecule has 74 heavy (non-hydrogen) atoms. The first-order chi connectivity index (χ1) is 35.4. The third kappa shape index (κ3) is 12.8. The zero-order valence-electron chi connectivity index (χ0n) is 41.5. The average Bonchev–Trinajstić information content (AvgIpc) is 4.28. The summed E-state index contributed by atoms with van der Waals surface area (Å²) in [5, 5.41) is 39.5. The van der Waals surface area contributed by atoms with Gasteiger partial charge in [0, 0.05) is 105 Å². The van der Waals surface area contributed by atoms with Crippen molar-refractivity contribution in [3.8, 4) is 29.4 Å². The fourth-order valence-electron chi connectivity index (χ4n) is 11.1. The van der Waals surface area contributed by atoms with Crippen LogP contribution in [0.2, 0.25) is 0 Å². The van der Waals surface area contributed by atoms with Crippen molar-refractivity contribution < 1.29 is 46.4 Å². The number of carboxylic acid groups (broad SMARTS) is 1. The first-order valence-electron chi connectivity index (χ1n) is 25.3. The van der Waals surface area contributed by atoms with Crippen LogP contribution in [0.1, 0.15) is 124 Å². The molecule has 0 radical (unpaired) electrons. The molecule has 1 aliphatic carbocycles. The molecule has 15 nitrogen and oxygen atoms in total. The summed E-state index contributed by atoms with van der Waals surface area (Å²) in [6.07, 6.45) is 18.3. The van der Waals surface area contributed by atoms with Gasteiger partial charge in [0.1, 0.15) is 36.4 Å². The van der Waals surface area contributed by atoms with Gasteiger partial charge in [0.25, 0.3) is 0 Å². The number of phenols is 1. The number of rotatable bonds is 2. The molecule has 1 fully saturated rings. The van der Waals surface area contributed by atoms with E-state index in [4.69, 9.17) is 37.5 Å². The fourth-order valence-corrected chi connectivity index (χ4v) is 11.1. The van der Waals surface area contributed by atoms with Crippen molar-refractivity contribution in [1.29, 1.82) is 10.5 Å². The van der Waals surface area contributed by atoms with E-state index in [1.807, 2.05) is 18.2 Å². The molecule has 7 aliphatic heterocycles. The number of aryl methyl sites for hydroxylation is 3. The number of hydrogen-bond donors (Lipinski definition) is 5. The van der Waals surface area contributed by atoms with Crippen LogP contribution in [0.5, 0.6) is 17.2 Å². The second kappa shape index (κ2) is 23.2. The Hall–Kier alpha value is -6.70. The molecule has 1 unspecified atom stereocenters. The number of carboxylic acids is 1. The highest BCUT2D eigenvalue weighted by molar-refractivity contribution is 7.89. The first-order valence-corrected chi connectivity index (χ1v) is 28.5. The van der Waals surface area contributed by atoms with Gasteiger partial charge in [0.15, 0.2) is 10.1 Å². The normalized spacial score (nSPS) is 17.3. The molecule has 0 saturated heterocycles. The Morgan fingerprint density at radius 3 is 1.74 bits per heavy atom. The summed E-state index contributed by atoms with van der Waals surface area (Å²) >= 11 is 0. The topological polar surface area (TPSA) is 242 Å². The van der Waals surface area contributed by atoms with Crippen LogP contribution in [0.3, 0.4) is 0 Å². The molecule has 17 heteroatoms. The van der Waals surface area contributed by atoms with Crippen molar-refractivity contribution in [2.45, 2.75) is 96.3 Å². The highest BCUT2D eigenvalue weighted by atomic mass is 32.2. The van der Waals surface area contributed by atoms with Gasteiger partial charge >= 0.3 is 5.97 Å². The lowest BCUT2D eigenvalue weighted by atomic mass is 9.82. The number of hydrogen-bond acceptors (Lipinski definition) is 10. The van der Waals surface area contributed by atoms with Gasteiger partial charge in [-0.3, -0.25) is 13.3 Å². The van der Waals surface area contributed by atoms with Crippen LogP contribution >= 0.6 is 0 Å². The lowest BCUT2D eigenvalue weighted by Crippen LogP contribution is -2.45. The zero-order valence-corrected chi connectivity index (χ0v) is 43.2. The Labute approximate surface area is 433 Å². The lowest BCUT2D eigenvalue weighted by Gasteiger charge is -2.39. The molecular formula is C57H63N5O10S2. The van der Waals surface area contributed by atoms with Crippen molar-refractivity contribution >= 4 is 54.8 Å². The van der Waals surface area contributed by atoms with E-state index < -0.39 is 26.1 Å². The highest BCUT2D eigenvalue weighted by Gasteiger charge is 2.36. The Morgan fingerprint density at radius 1 is 0.635 bits per heavy atom. The molecule has 0 spiro atoms. The van der Waals surface area contributed by atoms with Crippen molar-refractivity contribution in [3.63, 3.8) is 0 Å². The standard InChI is InChI=1S/C32H30N3O.C12H15NO.C8H5NO2.C3H6.2CH4O3S/c33-19-22-7-1-2-10-23(22)28-26-17-20-8-3-13-34-15-5-11-24(29(20)34)31(26)36-32-25-12-6-16-35-14-4-9-21(30(25)35)18-27(28)32;14-11-6-5-9-3-1-7-13-8-2-4-10(11)12(9)13;9-5-6-3-1-2-4-7(6)8(10)11;1-2-3-1;2*1-5(2,3)4/h1-2,7,10,17-18H,3-6,8-9,11-16H2;5-6,14H,1-4,7-8H2;1-4H,(H,10,11);1-3H2;2*1H2,(H2,2,3,4)/q+1;;;;;/p-1. The van der Waals surface area contributed by atoms with Gasteiger partial charge in [0.2, 0.25) is 5.36 Å². The van der Waals surface area contributed by atoms with Crippen molar-refractivity contribution in [1.82, 2.24) is 4.58 Å². The van der Waals surface area contributed by atoms with Gasteiger partial charge in [-0.15, -0.1) is 0 Å². The van der Waals surface area contributed by atoms with Gasteiger partial charge in [-0.05, 0) is 118 Å². The summed E-state index contributed by atoms with van der Waals surface area (Å²) in [4.78, 5) is 15.5. The van der Waals surface area contributed by atoms with Gasteiger partial charge in [-0.1, -0.05) is 55.7 Å². The predicted molar refractivity (Wildman–Crippen MR) is 290 cm³/mol. The second-order valence-electron chi connectivity index (χ2n) is 19.5. The number of anilines is 2. The molecule has 13 rings (SSSR count). The van der Waals surface area contributed by atoms with Gasteiger partial charge < -0.3 is 33.9 Å². The lowest BCUT2D eigenvalue weighted by molar-refractivity contribution is 0.0696.